The third-order valence-electron chi connectivity index (χ3n) is 8.12. The van der Waals surface area contributed by atoms with Gasteiger partial charge in [0.25, 0.3) is 11.5 Å². The van der Waals surface area contributed by atoms with Gasteiger partial charge in [0.2, 0.25) is 0 Å². The van der Waals surface area contributed by atoms with Gasteiger partial charge in [-0.1, -0.05) is 18.2 Å². The number of aryl methyl sites for hydroxylation is 1. The molecule has 0 spiro atoms. The van der Waals surface area contributed by atoms with E-state index in [9.17, 15) is 45.8 Å². The minimum absolute atomic E-state index is 0.00370. The lowest BCUT2D eigenvalue weighted by molar-refractivity contribution is -0.139. The van der Waals surface area contributed by atoms with E-state index < -0.39 is 71.3 Å². The van der Waals surface area contributed by atoms with Crippen molar-refractivity contribution in [2.45, 2.75) is 31.4 Å². The molecular weight excluding hydrogens is 679 g/mol. The van der Waals surface area contributed by atoms with E-state index in [0.717, 1.165) is 16.8 Å². The fourth-order valence-electron chi connectivity index (χ4n) is 5.74. The second kappa shape index (κ2) is 14.4. The van der Waals surface area contributed by atoms with Gasteiger partial charge in [-0.05, 0) is 40.8 Å². The second-order valence-electron chi connectivity index (χ2n) is 11.6. The standard InChI is InChI=1S/C33H30F7N5O5/c1-44-8-6-23(33(38,39)40)27(30(44)47)28-22-4-2-3-18(21(22)5-7-41-28)14-25(31(48)49)43-29(46)26-19(16-45-9-11-50-12-10-45)13-20(15-24(26)34)42-17-32(35,36)37/h2-8,13,15,25,42H,9-12,14,16-17H2,1H3,(H,43,46)(H,48,49)/t25-/m0/s1. The van der Waals surface area contributed by atoms with Crippen molar-refractivity contribution in [2.24, 2.45) is 7.05 Å². The zero-order chi connectivity index (χ0) is 36.4. The van der Waals surface area contributed by atoms with Crippen molar-refractivity contribution in [1.29, 1.82) is 0 Å². The number of ether oxygens (including phenoxy) is 1. The summed E-state index contributed by atoms with van der Waals surface area (Å²) in [7, 11) is 1.28. The van der Waals surface area contributed by atoms with Crippen molar-refractivity contribution in [3.63, 3.8) is 0 Å². The van der Waals surface area contributed by atoms with Crippen LogP contribution in [0, 0.1) is 5.82 Å². The highest BCUT2D eigenvalue weighted by molar-refractivity contribution is 6.00. The molecule has 3 N–H and O–H groups in total. The maximum absolute atomic E-state index is 15.5. The van der Waals surface area contributed by atoms with E-state index >= 15 is 4.39 Å². The van der Waals surface area contributed by atoms with Crippen LogP contribution < -0.4 is 16.2 Å². The quantitative estimate of drug-likeness (QED) is 0.197. The predicted octanol–water partition coefficient (Wildman–Crippen LogP) is 4.99. The maximum Gasteiger partial charge on any atom is 0.417 e. The summed E-state index contributed by atoms with van der Waals surface area (Å²) in [4.78, 5) is 44.8. The summed E-state index contributed by atoms with van der Waals surface area (Å²) >= 11 is 0. The van der Waals surface area contributed by atoms with Crippen LogP contribution in [0.15, 0.2) is 59.7 Å². The highest BCUT2D eigenvalue weighted by Crippen LogP contribution is 2.37. The van der Waals surface area contributed by atoms with Crippen molar-refractivity contribution in [3.05, 3.63) is 93.3 Å². The summed E-state index contributed by atoms with van der Waals surface area (Å²) in [6.45, 7) is -0.0866. The first kappa shape index (κ1) is 36.3. The minimum Gasteiger partial charge on any atom is -0.480 e. The topological polar surface area (TPSA) is 126 Å². The number of pyridine rings is 2. The van der Waals surface area contributed by atoms with Gasteiger partial charge < -0.3 is 25.0 Å². The molecule has 1 aliphatic rings. The second-order valence-corrected chi connectivity index (χ2v) is 11.6. The van der Waals surface area contributed by atoms with E-state index in [0.29, 0.717) is 32.4 Å². The Labute approximate surface area is 279 Å². The number of hydrogen-bond acceptors (Lipinski definition) is 7. The number of nitrogens with one attached hydrogen (secondary N) is 2. The van der Waals surface area contributed by atoms with Crippen molar-refractivity contribution in [2.75, 3.05) is 38.2 Å². The molecule has 3 heterocycles. The fraction of sp³-hybridized carbons (Fsp3) is 0.333. The Kier molecular flexibility index (Phi) is 10.5. The van der Waals surface area contributed by atoms with E-state index in [1.165, 1.54) is 43.6 Å². The summed E-state index contributed by atoms with van der Waals surface area (Å²) in [5.41, 5.74) is -3.72. The van der Waals surface area contributed by atoms with Gasteiger partial charge >= 0.3 is 18.3 Å². The molecule has 266 valence electrons. The zero-order valence-electron chi connectivity index (χ0n) is 26.3. The van der Waals surface area contributed by atoms with Crippen LogP contribution in [-0.4, -0.2) is 76.5 Å². The number of carboxylic acid groups (broad SMARTS) is 1. The number of aliphatic carboxylic acids is 1. The van der Waals surface area contributed by atoms with Gasteiger partial charge in [-0.15, -0.1) is 0 Å². The average molecular weight is 710 g/mol. The number of halogens is 7. The molecule has 0 aliphatic carbocycles. The molecule has 1 fully saturated rings. The Morgan fingerprint density at radius 2 is 1.74 bits per heavy atom. The first-order chi connectivity index (χ1) is 23.5. The Hall–Kier alpha value is -5.03. The average Bonchev–Trinajstić information content (AvgIpc) is 3.04. The number of anilines is 1. The first-order valence-corrected chi connectivity index (χ1v) is 15.1. The van der Waals surface area contributed by atoms with Gasteiger partial charge in [-0.2, -0.15) is 26.3 Å². The number of alkyl halides is 6. The van der Waals surface area contributed by atoms with Gasteiger partial charge in [-0.3, -0.25) is 19.5 Å². The first-order valence-electron chi connectivity index (χ1n) is 15.1. The number of carbonyl (C=O) groups is 2. The molecule has 17 heteroatoms. The van der Waals surface area contributed by atoms with Crippen LogP contribution in [0.1, 0.15) is 27.0 Å². The summed E-state index contributed by atoms with van der Waals surface area (Å²) in [5.74, 6) is -3.86. The molecule has 0 saturated carbocycles. The maximum atomic E-state index is 15.5. The summed E-state index contributed by atoms with van der Waals surface area (Å²) < 4.78 is 102. The highest BCUT2D eigenvalue weighted by atomic mass is 19.4. The molecule has 0 bridgehead atoms. The fourth-order valence-corrected chi connectivity index (χ4v) is 5.74. The molecule has 50 heavy (non-hydrogen) atoms. The van der Waals surface area contributed by atoms with Gasteiger partial charge in [0.15, 0.2) is 0 Å². The monoisotopic (exact) mass is 709 g/mol. The molecule has 1 saturated heterocycles. The Morgan fingerprint density at radius 1 is 1.02 bits per heavy atom. The summed E-state index contributed by atoms with van der Waals surface area (Å²) in [6, 6.07) is 6.71. The van der Waals surface area contributed by atoms with Crippen molar-refractivity contribution in [3.8, 4) is 11.3 Å². The molecule has 5 rings (SSSR count). The zero-order valence-corrected chi connectivity index (χ0v) is 26.3. The molecular formula is C33H30F7N5O5. The van der Waals surface area contributed by atoms with Gasteiger partial charge in [0.05, 0.1) is 35.6 Å². The Balaban J connectivity index is 1.50. The number of carboxylic acids is 1. The van der Waals surface area contributed by atoms with Crippen LogP contribution in [0.4, 0.5) is 36.4 Å². The number of hydrogen-bond donors (Lipinski definition) is 3. The minimum atomic E-state index is -4.90. The number of fused-ring (bicyclic) bond motifs is 1. The number of benzene rings is 2. The molecule has 1 aliphatic heterocycles. The number of rotatable bonds is 10. The van der Waals surface area contributed by atoms with Crippen LogP contribution in [0.3, 0.4) is 0 Å². The Morgan fingerprint density at radius 3 is 2.40 bits per heavy atom. The van der Waals surface area contributed by atoms with Crippen LogP contribution in [0.25, 0.3) is 22.0 Å². The number of carbonyl (C=O) groups excluding carboxylic acids is 1. The van der Waals surface area contributed by atoms with Gasteiger partial charge in [0, 0.05) is 56.6 Å². The third kappa shape index (κ3) is 8.22. The largest absolute Gasteiger partial charge is 0.480 e. The van der Waals surface area contributed by atoms with E-state index in [2.05, 4.69) is 15.6 Å². The molecule has 0 radical (unpaired) electrons. The molecule has 0 unspecified atom stereocenters. The highest BCUT2D eigenvalue weighted by Gasteiger charge is 2.36. The van der Waals surface area contributed by atoms with Crippen molar-refractivity contribution >= 4 is 28.3 Å². The molecule has 10 nitrogen and oxygen atoms in total. The smallest absolute Gasteiger partial charge is 0.417 e. The molecule has 1 atom stereocenters. The number of aromatic nitrogens is 2. The Bertz CT molecular complexity index is 1970. The lowest BCUT2D eigenvalue weighted by Gasteiger charge is -2.28. The van der Waals surface area contributed by atoms with Gasteiger partial charge in [0.1, 0.15) is 18.4 Å². The van der Waals surface area contributed by atoms with E-state index in [1.807, 2.05) is 0 Å². The van der Waals surface area contributed by atoms with Crippen LogP contribution in [-0.2, 0) is 35.7 Å². The van der Waals surface area contributed by atoms with Crippen LogP contribution in [0.5, 0.6) is 0 Å². The van der Waals surface area contributed by atoms with Crippen LogP contribution >= 0.6 is 0 Å². The number of morpholine rings is 1. The van der Waals surface area contributed by atoms with E-state index in [1.54, 1.807) is 4.90 Å². The van der Waals surface area contributed by atoms with E-state index in [4.69, 9.17) is 4.74 Å². The number of amides is 1. The van der Waals surface area contributed by atoms with Crippen molar-refractivity contribution in [1.82, 2.24) is 19.8 Å². The SMILES string of the molecule is Cn1ccc(C(F)(F)F)c(-c2nccc3c(C[C@H](NC(=O)c4c(F)cc(NCC(F)(F)F)cc4CN4CCOCC4)C(=O)O)cccc23)c1=O. The summed E-state index contributed by atoms with van der Waals surface area (Å²) in [6.07, 6.45) is -7.78. The molecule has 2 aromatic heterocycles. The van der Waals surface area contributed by atoms with E-state index in [-0.39, 0.29) is 39.8 Å². The summed E-state index contributed by atoms with van der Waals surface area (Å²) in [5, 5.41) is 14.8. The number of nitrogens with zero attached hydrogens (tertiary/aromatic N) is 3. The van der Waals surface area contributed by atoms with Crippen LogP contribution in [0.2, 0.25) is 0 Å². The predicted molar refractivity (Wildman–Crippen MR) is 167 cm³/mol. The lowest BCUT2D eigenvalue weighted by atomic mass is 9.95. The third-order valence-corrected chi connectivity index (χ3v) is 8.12. The lowest BCUT2D eigenvalue weighted by Crippen LogP contribution is -2.43. The molecule has 2 aromatic carbocycles. The van der Waals surface area contributed by atoms with Crippen molar-refractivity contribution < 1.29 is 50.2 Å². The molecule has 1 amide bonds. The molecule has 4 aromatic rings. The van der Waals surface area contributed by atoms with Gasteiger partial charge in [-0.25, -0.2) is 9.18 Å². The normalized spacial score (nSPS) is 14.8.